The molecule has 3 nitrogen and oxygen atoms in total. The maximum atomic E-state index is 11.6. The molecule has 0 radical (unpaired) electrons. The van der Waals surface area contributed by atoms with Crippen molar-refractivity contribution in [2.24, 2.45) is 0 Å². The number of hydrogen-bond donors (Lipinski definition) is 0. The molecule has 0 aliphatic carbocycles. The fourth-order valence-corrected chi connectivity index (χ4v) is 2.98. The quantitative estimate of drug-likeness (QED) is 0.770. The van der Waals surface area contributed by atoms with E-state index in [-0.39, 0.29) is 17.2 Å². The van der Waals surface area contributed by atoms with Crippen LogP contribution in [0.15, 0.2) is 47.9 Å². The Bertz CT molecular complexity index is 444. The molecule has 1 aromatic rings. The molecule has 2 rings (SSSR count). The first-order valence-corrected chi connectivity index (χ1v) is 6.30. The second-order valence-electron chi connectivity index (χ2n) is 3.73. The van der Waals surface area contributed by atoms with Crippen LogP contribution in [0.25, 0.3) is 0 Å². The molecule has 4 heteroatoms. The van der Waals surface area contributed by atoms with Crippen LogP contribution in [0, 0.1) is 0 Å². The minimum Gasteiger partial charge on any atom is -0.274 e. The summed E-state index contributed by atoms with van der Waals surface area (Å²) in [4.78, 5) is 25.6. The lowest BCUT2D eigenvalue weighted by molar-refractivity contribution is -0.139. The zero-order valence-corrected chi connectivity index (χ0v) is 10.2. The van der Waals surface area contributed by atoms with Gasteiger partial charge < -0.3 is 0 Å². The number of imide groups is 1. The van der Waals surface area contributed by atoms with E-state index >= 15 is 0 Å². The zero-order valence-electron chi connectivity index (χ0n) is 9.33. The molecule has 1 atom stereocenters. The summed E-state index contributed by atoms with van der Waals surface area (Å²) in [6.07, 6.45) is 2.34. The van der Waals surface area contributed by atoms with Gasteiger partial charge in [0.15, 0.2) is 0 Å². The van der Waals surface area contributed by atoms with E-state index in [1.54, 1.807) is 11.8 Å². The molecule has 2 amide bonds. The normalized spacial score (nSPS) is 19.4. The first-order chi connectivity index (χ1) is 8.22. The summed E-state index contributed by atoms with van der Waals surface area (Å²) in [7, 11) is 0. The van der Waals surface area contributed by atoms with Crippen LogP contribution in [0.4, 0.5) is 0 Å². The van der Waals surface area contributed by atoms with Gasteiger partial charge >= 0.3 is 0 Å². The topological polar surface area (TPSA) is 37.4 Å². The Morgan fingerprint density at radius 1 is 1.41 bits per heavy atom. The third-order valence-electron chi connectivity index (χ3n) is 2.59. The van der Waals surface area contributed by atoms with E-state index in [9.17, 15) is 9.59 Å². The lowest BCUT2D eigenvalue weighted by Gasteiger charge is -2.20. The fraction of sp³-hybridized carbons (Fsp3) is 0.231. The predicted molar refractivity (Wildman–Crippen MR) is 67.4 cm³/mol. The molecule has 0 bridgehead atoms. The SMILES string of the molecule is C=CC(=O)N1C(=O)CCC1Sc1ccccc1. The van der Waals surface area contributed by atoms with Crippen molar-refractivity contribution >= 4 is 23.6 Å². The van der Waals surface area contributed by atoms with Crippen LogP contribution >= 0.6 is 11.8 Å². The van der Waals surface area contributed by atoms with Crippen molar-refractivity contribution in [1.82, 2.24) is 4.90 Å². The zero-order chi connectivity index (χ0) is 12.3. The average molecular weight is 247 g/mol. The van der Waals surface area contributed by atoms with Gasteiger partial charge in [-0.3, -0.25) is 14.5 Å². The second-order valence-corrected chi connectivity index (χ2v) is 4.98. The number of hydrogen-bond acceptors (Lipinski definition) is 3. The maximum Gasteiger partial charge on any atom is 0.253 e. The Balaban J connectivity index is 2.13. The smallest absolute Gasteiger partial charge is 0.253 e. The van der Waals surface area contributed by atoms with Crippen LogP contribution in [-0.2, 0) is 9.59 Å². The van der Waals surface area contributed by atoms with Crippen molar-refractivity contribution in [3.63, 3.8) is 0 Å². The Kier molecular flexibility index (Phi) is 3.64. The van der Waals surface area contributed by atoms with Crippen LogP contribution in [0.1, 0.15) is 12.8 Å². The molecule has 1 aliphatic heterocycles. The Morgan fingerprint density at radius 3 is 2.76 bits per heavy atom. The van der Waals surface area contributed by atoms with Gasteiger partial charge in [0.1, 0.15) is 0 Å². The lowest BCUT2D eigenvalue weighted by Crippen LogP contribution is -2.35. The Morgan fingerprint density at radius 2 is 2.12 bits per heavy atom. The minimum atomic E-state index is -0.305. The van der Waals surface area contributed by atoms with E-state index in [2.05, 4.69) is 6.58 Å². The van der Waals surface area contributed by atoms with Gasteiger partial charge in [0.25, 0.3) is 5.91 Å². The number of benzene rings is 1. The second kappa shape index (κ2) is 5.19. The van der Waals surface area contributed by atoms with Gasteiger partial charge in [-0.2, -0.15) is 0 Å². The highest BCUT2D eigenvalue weighted by molar-refractivity contribution is 8.00. The maximum absolute atomic E-state index is 11.6. The Hall–Kier alpha value is -1.55. The molecule has 1 fully saturated rings. The molecular formula is C13H13NO2S. The van der Waals surface area contributed by atoms with Crippen LogP contribution < -0.4 is 0 Å². The van der Waals surface area contributed by atoms with E-state index in [1.807, 2.05) is 30.3 Å². The van der Waals surface area contributed by atoms with Crippen LogP contribution in [0.5, 0.6) is 0 Å². The lowest BCUT2D eigenvalue weighted by atomic mass is 10.4. The van der Waals surface area contributed by atoms with E-state index in [0.29, 0.717) is 12.8 Å². The Labute approximate surface area is 104 Å². The molecule has 1 saturated heterocycles. The summed E-state index contributed by atoms with van der Waals surface area (Å²) in [6.45, 7) is 3.43. The van der Waals surface area contributed by atoms with E-state index in [1.165, 1.54) is 11.0 Å². The number of carbonyl (C=O) groups excluding carboxylic acids is 2. The van der Waals surface area contributed by atoms with Gasteiger partial charge in [0, 0.05) is 11.3 Å². The van der Waals surface area contributed by atoms with Gasteiger partial charge in [-0.25, -0.2) is 0 Å². The molecule has 1 aromatic carbocycles. The molecule has 88 valence electrons. The van der Waals surface area contributed by atoms with Crippen LogP contribution in [0.3, 0.4) is 0 Å². The highest BCUT2D eigenvalue weighted by Gasteiger charge is 2.35. The molecule has 1 unspecified atom stereocenters. The van der Waals surface area contributed by atoms with E-state index < -0.39 is 0 Å². The fourth-order valence-electron chi connectivity index (χ4n) is 1.79. The number of amides is 2. The molecule has 0 N–H and O–H groups in total. The monoisotopic (exact) mass is 247 g/mol. The number of nitrogens with zero attached hydrogens (tertiary/aromatic N) is 1. The molecule has 1 heterocycles. The van der Waals surface area contributed by atoms with Crippen molar-refractivity contribution in [2.75, 3.05) is 0 Å². The third kappa shape index (κ3) is 2.58. The molecule has 0 saturated carbocycles. The summed E-state index contributed by atoms with van der Waals surface area (Å²) in [6, 6.07) is 9.78. The third-order valence-corrected chi connectivity index (χ3v) is 3.85. The van der Waals surface area contributed by atoms with Crippen LogP contribution in [-0.4, -0.2) is 22.1 Å². The predicted octanol–water partition coefficient (Wildman–Crippen LogP) is 2.44. The number of likely N-dealkylation sites (tertiary alicyclic amines) is 1. The van der Waals surface area contributed by atoms with Crippen molar-refractivity contribution in [3.05, 3.63) is 43.0 Å². The van der Waals surface area contributed by atoms with Gasteiger partial charge in [0.05, 0.1) is 5.37 Å². The van der Waals surface area contributed by atoms with Crippen molar-refractivity contribution in [1.29, 1.82) is 0 Å². The number of thioether (sulfide) groups is 1. The van der Waals surface area contributed by atoms with Crippen molar-refractivity contribution in [2.45, 2.75) is 23.1 Å². The summed E-state index contributed by atoms with van der Waals surface area (Å²) < 4.78 is 0. The van der Waals surface area contributed by atoms with Crippen molar-refractivity contribution in [3.8, 4) is 0 Å². The molecule has 0 spiro atoms. The summed E-state index contributed by atoms with van der Waals surface area (Å²) in [5.41, 5.74) is 0. The molecule has 17 heavy (non-hydrogen) atoms. The average Bonchev–Trinajstić information content (AvgIpc) is 2.71. The van der Waals surface area contributed by atoms with Gasteiger partial charge in [-0.1, -0.05) is 24.8 Å². The number of carbonyl (C=O) groups is 2. The highest BCUT2D eigenvalue weighted by atomic mass is 32.2. The number of rotatable bonds is 3. The summed E-state index contributed by atoms with van der Waals surface area (Å²) >= 11 is 1.54. The van der Waals surface area contributed by atoms with Crippen LogP contribution in [0.2, 0.25) is 0 Å². The van der Waals surface area contributed by atoms with E-state index in [4.69, 9.17) is 0 Å². The van der Waals surface area contributed by atoms with Gasteiger partial charge in [0.2, 0.25) is 5.91 Å². The first-order valence-electron chi connectivity index (χ1n) is 5.42. The standard InChI is InChI=1S/C13H13NO2S/c1-2-11(15)14-12(16)8-9-13(14)17-10-6-4-3-5-7-10/h2-7,13H,1,8-9H2. The summed E-state index contributed by atoms with van der Waals surface area (Å²) in [5, 5.41) is -0.101. The van der Waals surface area contributed by atoms with E-state index in [0.717, 1.165) is 4.90 Å². The largest absolute Gasteiger partial charge is 0.274 e. The van der Waals surface area contributed by atoms with Gasteiger partial charge in [-0.15, -0.1) is 11.8 Å². The summed E-state index contributed by atoms with van der Waals surface area (Å²) in [5.74, 6) is -0.413. The molecule has 1 aliphatic rings. The highest BCUT2D eigenvalue weighted by Crippen LogP contribution is 2.33. The van der Waals surface area contributed by atoms with Gasteiger partial charge in [-0.05, 0) is 24.6 Å². The first kappa shape index (κ1) is 11.9. The minimum absolute atomic E-state index is 0.101. The van der Waals surface area contributed by atoms with Crippen molar-refractivity contribution < 1.29 is 9.59 Å². The molecular weight excluding hydrogens is 234 g/mol. The molecule has 0 aromatic heterocycles.